The zero-order valence-corrected chi connectivity index (χ0v) is 11.6. The van der Waals surface area contributed by atoms with Crippen molar-refractivity contribution in [3.63, 3.8) is 0 Å². The van der Waals surface area contributed by atoms with Crippen LogP contribution in [0.3, 0.4) is 0 Å². The van der Waals surface area contributed by atoms with Gasteiger partial charge in [0.2, 0.25) is 0 Å². The first-order chi connectivity index (χ1) is 8.08. The Labute approximate surface area is 112 Å². The van der Waals surface area contributed by atoms with E-state index < -0.39 is 0 Å². The first-order valence-electron chi connectivity index (χ1n) is 4.97. The Morgan fingerprint density at radius 1 is 1.41 bits per heavy atom. The lowest BCUT2D eigenvalue weighted by Crippen LogP contribution is -2.12. The minimum absolute atomic E-state index is 0.0968. The molecule has 0 aliphatic carbocycles. The van der Waals surface area contributed by atoms with Crippen molar-refractivity contribution >= 4 is 44.5 Å². The van der Waals surface area contributed by atoms with Crippen molar-refractivity contribution < 1.29 is 4.79 Å². The molecule has 2 aromatic rings. The Kier molecular flexibility index (Phi) is 3.49. The van der Waals surface area contributed by atoms with Crippen LogP contribution in [0.1, 0.15) is 15.9 Å². The number of carbonyl (C=O) groups is 1. The third-order valence-electron chi connectivity index (χ3n) is 2.36. The average Bonchev–Trinajstić information content (AvgIpc) is 2.70. The maximum atomic E-state index is 11.9. The molecule has 3 N–H and O–H groups in total. The fraction of sp³-hybridized carbons (Fsp3) is 0.0833. The van der Waals surface area contributed by atoms with E-state index >= 15 is 0 Å². The third-order valence-corrected chi connectivity index (χ3v) is 3.91. The van der Waals surface area contributed by atoms with Gasteiger partial charge in [-0.25, -0.2) is 0 Å². The maximum absolute atomic E-state index is 11.9. The largest absolute Gasteiger partial charge is 0.398 e. The predicted molar refractivity (Wildman–Crippen MR) is 75.6 cm³/mol. The number of anilines is 2. The van der Waals surface area contributed by atoms with Crippen molar-refractivity contribution in [2.24, 2.45) is 0 Å². The van der Waals surface area contributed by atoms with E-state index in [0.717, 1.165) is 15.7 Å². The minimum atomic E-state index is -0.0968. The van der Waals surface area contributed by atoms with Gasteiger partial charge < -0.3 is 11.1 Å². The third kappa shape index (κ3) is 2.68. The summed E-state index contributed by atoms with van der Waals surface area (Å²) in [6.07, 6.45) is 0. The molecule has 17 heavy (non-hydrogen) atoms. The van der Waals surface area contributed by atoms with Gasteiger partial charge in [0.15, 0.2) is 0 Å². The Bertz CT molecular complexity index is 565. The van der Waals surface area contributed by atoms with Gasteiger partial charge in [-0.3, -0.25) is 4.79 Å². The van der Waals surface area contributed by atoms with Crippen molar-refractivity contribution in [2.45, 2.75) is 6.92 Å². The van der Waals surface area contributed by atoms with Crippen LogP contribution >= 0.6 is 27.3 Å². The summed E-state index contributed by atoms with van der Waals surface area (Å²) in [7, 11) is 0. The number of benzene rings is 1. The summed E-state index contributed by atoms with van der Waals surface area (Å²) in [4.78, 5) is 11.9. The van der Waals surface area contributed by atoms with Crippen LogP contribution in [0.5, 0.6) is 0 Å². The number of halogens is 1. The highest BCUT2D eigenvalue weighted by Crippen LogP contribution is 2.24. The van der Waals surface area contributed by atoms with E-state index in [1.54, 1.807) is 18.2 Å². The van der Waals surface area contributed by atoms with Crippen molar-refractivity contribution in [1.82, 2.24) is 0 Å². The molecule has 1 aromatic heterocycles. The lowest BCUT2D eigenvalue weighted by molar-refractivity contribution is 0.102. The van der Waals surface area contributed by atoms with Crippen LogP contribution < -0.4 is 11.1 Å². The van der Waals surface area contributed by atoms with Gasteiger partial charge >= 0.3 is 0 Å². The number of thiophene rings is 1. The van der Waals surface area contributed by atoms with Gasteiger partial charge in [0.25, 0.3) is 5.91 Å². The van der Waals surface area contributed by atoms with Gasteiger partial charge in [-0.1, -0.05) is 0 Å². The van der Waals surface area contributed by atoms with Gasteiger partial charge in [-0.15, -0.1) is 0 Å². The zero-order chi connectivity index (χ0) is 12.4. The molecule has 0 bridgehead atoms. The Hall–Kier alpha value is -1.33. The molecule has 3 nitrogen and oxygen atoms in total. The van der Waals surface area contributed by atoms with Gasteiger partial charge in [-0.05, 0) is 52.0 Å². The highest BCUT2D eigenvalue weighted by atomic mass is 79.9. The summed E-state index contributed by atoms with van der Waals surface area (Å²) >= 11 is 4.85. The molecule has 0 spiro atoms. The molecule has 0 saturated carbocycles. The molecular weight excluding hydrogens is 300 g/mol. The Balaban J connectivity index is 2.19. The highest BCUT2D eigenvalue weighted by Gasteiger charge is 2.10. The van der Waals surface area contributed by atoms with Gasteiger partial charge in [0.05, 0.1) is 5.56 Å². The SMILES string of the molecule is Cc1cscc1C(=O)Nc1ccc(N)c(Br)c1. The molecule has 0 fully saturated rings. The quantitative estimate of drug-likeness (QED) is 0.832. The summed E-state index contributed by atoms with van der Waals surface area (Å²) < 4.78 is 0.775. The van der Waals surface area contributed by atoms with Gasteiger partial charge in [0, 0.05) is 21.2 Å². The topological polar surface area (TPSA) is 55.1 Å². The normalized spacial score (nSPS) is 10.2. The molecule has 5 heteroatoms. The van der Waals surface area contributed by atoms with E-state index in [1.165, 1.54) is 11.3 Å². The number of nitrogen functional groups attached to an aromatic ring is 1. The van der Waals surface area contributed by atoms with E-state index in [0.29, 0.717) is 11.3 Å². The summed E-state index contributed by atoms with van der Waals surface area (Å²) in [5.41, 5.74) is 8.75. The van der Waals surface area contributed by atoms with Gasteiger partial charge in [0.1, 0.15) is 0 Å². The molecule has 1 aromatic carbocycles. The van der Waals surface area contributed by atoms with E-state index in [9.17, 15) is 4.79 Å². The number of hydrogen-bond donors (Lipinski definition) is 2. The number of aryl methyl sites for hydroxylation is 1. The zero-order valence-electron chi connectivity index (χ0n) is 9.16. The van der Waals surface area contributed by atoms with Crippen molar-refractivity contribution in [2.75, 3.05) is 11.1 Å². The number of hydrogen-bond acceptors (Lipinski definition) is 3. The number of nitrogens with two attached hydrogens (primary N) is 1. The van der Waals surface area contributed by atoms with Crippen LogP contribution in [0.4, 0.5) is 11.4 Å². The van der Waals surface area contributed by atoms with Crippen LogP contribution in [-0.2, 0) is 0 Å². The molecule has 88 valence electrons. The summed E-state index contributed by atoms with van der Waals surface area (Å²) in [5, 5.41) is 6.63. The van der Waals surface area contributed by atoms with Crippen molar-refractivity contribution in [3.05, 3.63) is 44.6 Å². The van der Waals surface area contributed by atoms with Crippen molar-refractivity contribution in [3.8, 4) is 0 Å². The number of rotatable bonds is 2. The smallest absolute Gasteiger partial charge is 0.256 e. The highest BCUT2D eigenvalue weighted by molar-refractivity contribution is 9.10. The molecule has 0 aliphatic rings. The predicted octanol–water partition coefficient (Wildman–Crippen LogP) is 3.65. The fourth-order valence-electron chi connectivity index (χ4n) is 1.40. The lowest BCUT2D eigenvalue weighted by atomic mass is 10.2. The standard InChI is InChI=1S/C12H11BrN2OS/c1-7-5-17-6-9(7)12(16)15-8-2-3-11(14)10(13)4-8/h2-6H,14H2,1H3,(H,15,16). The van der Waals surface area contributed by atoms with Crippen LogP contribution in [0, 0.1) is 6.92 Å². The molecule has 0 aliphatic heterocycles. The second-order valence-electron chi connectivity index (χ2n) is 3.66. The van der Waals surface area contributed by atoms with E-state index in [4.69, 9.17) is 5.73 Å². The number of nitrogens with one attached hydrogen (secondary N) is 1. The second kappa shape index (κ2) is 4.89. The molecule has 0 unspecified atom stereocenters. The van der Waals surface area contributed by atoms with Crippen LogP contribution in [0.15, 0.2) is 33.4 Å². The van der Waals surface area contributed by atoms with Crippen LogP contribution in [0.25, 0.3) is 0 Å². The molecule has 1 amide bonds. The first kappa shape index (κ1) is 12.1. The van der Waals surface area contributed by atoms with Crippen LogP contribution in [0.2, 0.25) is 0 Å². The number of carbonyl (C=O) groups excluding carboxylic acids is 1. The molecular formula is C12H11BrN2OS. The summed E-state index contributed by atoms with van der Waals surface area (Å²) in [5.74, 6) is -0.0968. The average molecular weight is 311 g/mol. The minimum Gasteiger partial charge on any atom is -0.398 e. The van der Waals surface area contributed by atoms with E-state index in [1.807, 2.05) is 17.7 Å². The molecule has 0 radical (unpaired) electrons. The Morgan fingerprint density at radius 3 is 2.76 bits per heavy atom. The summed E-state index contributed by atoms with van der Waals surface area (Å²) in [6.45, 7) is 1.92. The van der Waals surface area contributed by atoms with Crippen LogP contribution in [-0.4, -0.2) is 5.91 Å². The maximum Gasteiger partial charge on any atom is 0.256 e. The fourth-order valence-corrected chi connectivity index (χ4v) is 2.60. The monoisotopic (exact) mass is 310 g/mol. The molecule has 2 rings (SSSR count). The van der Waals surface area contributed by atoms with Gasteiger partial charge in [-0.2, -0.15) is 11.3 Å². The first-order valence-corrected chi connectivity index (χ1v) is 6.70. The Morgan fingerprint density at radius 2 is 2.18 bits per heavy atom. The second-order valence-corrected chi connectivity index (χ2v) is 5.26. The molecule has 1 heterocycles. The van der Waals surface area contributed by atoms with Crippen molar-refractivity contribution in [1.29, 1.82) is 0 Å². The van der Waals surface area contributed by atoms with E-state index in [-0.39, 0.29) is 5.91 Å². The molecule has 0 atom stereocenters. The number of amides is 1. The molecule has 0 saturated heterocycles. The summed E-state index contributed by atoms with van der Waals surface area (Å²) in [6, 6.07) is 5.31. The lowest BCUT2D eigenvalue weighted by Gasteiger charge is -2.06. The van der Waals surface area contributed by atoms with E-state index in [2.05, 4.69) is 21.2 Å².